The molecule has 0 amide bonds. The fraction of sp³-hybridized carbons (Fsp3) is 0.531. The number of rotatable bonds is 17. The van der Waals surface area contributed by atoms with Crippen molar-refractivity contribution in [2.45, 2.75) is 70.8 Å². The van der Waals surface area contributed by atoms with Crippen LogP contribution in [0.3, 0.4) is 0 Å². The number of aromatic amines is 1. The van der Waals surface area contributed by atoms with Crippen LogP contribution in [0, 0.1) is 5.92 Å². The summed E-state index contributed by atoms with van der Waals surface area (Å²) in [4.78, 5) is 27.0. The molecule has 0 radical (unpaired) electrons. The SMILES string of the molecule is CCC[P+](O)(CCCc1c[nH]c2ccccc12)NC(Cc1ccc(OCCCCC2CCNCC2)cc1)C(=O)O. The summed E-state index contributed by atoms with van der Waals surface area (Å²) in [5.41, 5.74) is 3.27. The van der Waals surface area contributed by atoms with Gasteiger partial charge in [-0.2, -0.15) is 5.09 Å². The van der Waals surface area contributed by atoms with Crippen molar-refractivity contribution in [3.05, 3.63) is 65.9 Å². The summed E-state index contributed by atoms with van der Waals surface area (Å²) in [6, 6.07) is 15.1. The summed E-state index contributed by atoms with van der Waals surface area (Å²) >= 11 is 0. The van der Waals surface area contributed by atoms with E-state index in [1.807, 2.05) is 49.5 Å². The summed E-state index contributed by atoms with van der Waals surface area (Å²) < 4.78 is 5.94. The van der Waals surface area contributed by atoms with E-state index in [1.165, 1.54) is 36.6 Å². The second-order valence-corrected chi connectivity index (χ2v) is 14.2. The number of benzene rings is 2. The fourth-order valence-corrected chi connectivity index (χ4v) is 8.50. The molecule has 40 heavy (non-hydrogen) atoms. The van der Waals surface area contributed by atoms with Gasteiger partial charge in [0.1, 0.15) is 24.1 Å². The number of hydrogen-bond acceptors (Lipinski definition) is 5. The highest BCUT2D eigenvalue weighted by atomic mass is 31.2. The third-order valence-corrected chi connectivity index (χ3v) is 11.1. The minimum atomic E-state index is -2.61. The molecule has 0 aliphatic carbocycles. The molecule has 8 heteroatoms. The van der Waals surface area contributed by atoms with Crippen molar-refractivity contribution < 1.29 is 19.5 Å². The molecule has 1 saturated heterocycles. The number of para-hydroxylation sites is 1. The second-order valence-electron chi connectivity index (χ2n) is 11.2. The average Bonchev–Trinajstić information content (AvgIpc) is 3.37. The van der Waals surface area contributed by atoms with Crippen molar-refractivity contribution >= 4 is 24.5 Å². The quantitative estimate of drug-likeness (QED) is 0.0983. The van der Waals surface area contributed by atoms with Crippen molar-refractivity contribution in [2.75, 3.05) is 32.0 Å². The van der Waals surface area contributed by atoms with Crippen molar-refractivity contribution in [1.29, 1.82) is 0 Å². The highest BCUT2D eigenvalue weighted by molar-refractivity contribution is 7.68. The number of hydrogen-bond donors (Lipinski definition) is 5. The molecule has 2 unspecified atom stereocenters. The van der Waals surface area contributed by atoms with E-state index in [0.717, 1.165) is 61.5 Å². The normalized spacial score (nSPS) is 16.6. The van der Waals surface area contributed by atoms with Gasteiger partial charge in [0, 0.05) is 23.5 Å². The van der Waals surface area contributed by atoms with E-state index in [1.54, 1.807) is 0 Å². The lowest BCUT2D eigenvalue weighted by molar-refractivity contribution is -0.139. The van der Waals surface area contributed by atoms with Crippen LogP contribution in [-0.4, -0.2) is 59.0 Å². The number of aryl methyl sites for hydroxylation is 1. The van der Waals surface area contributed by atoms with Crippen molar-refractivity contribution in [3.63, 3.8) is 0 Å². The largest absolute Gasteiger partial charge is 0.494 e. The van der Waals surface area contributed by atoms with Gasteiger partial charge < -0.3 is 20.1 Å². The summed E-state index contributed by atoms with van der Waals surface area (Å²) in [7, 11) is -2.61. The standard InChI is InChI=1S/C32H46N3O4P/c1-2-21-40(38,22-7-9-27-24-34-30-11-4-3-10-29(27)30)35-31(32(36)37)23-26-12-14-28(15-13-26)39-20-6-5-8-25-16-18-33-19-17-25/h3-4,10-15,24-25,31,33-35,38H,2,5-9,16-23H2,1H3/p+1. The topological polar surface area (TPSA) is 107 Å². The maximum absolute atomic E-state index is 12.2. The van der Waals surface area contributed by atoms with E-state index in [9.17, 15) is 14.8 Å². The molecule has 5 N–H and O–H groups in total. The minimum absolute atomic E-state index is 0.320. The summed E-state index contributed by atoms with van der Waals surface area (Å²) in [5.74, 6) is 0.742. The lowest BCUT2D eigenvalue weighted by Gasteiger charge is -2.24. The number of carbonyl (C=O) groups is 1. The van der Waals surface area contributed by atoms with Crippen LogP contribution in [-0.2, 0) is 17.6 Å². The summed E-state index contributed by atoms with van der Waals surface area (Å²) in [6.45, 7) is 5.04. The number of unbranched alkanes of at least 4 members (excludes halogenated alkanes) is 1. The monoisotopic (exact) mass is 568 g/mol. The van der Waals surface area contributed by atoms with Gasteiger partial charge in [-0.1, -0.05) is 43.7 Å². The summed E-state index contributed by atoms with van der Waals surface area (Å²) in [6.07, 6.45) is 12.1. The Morgan fingerprint density at radius 2 is 1.85 bits per heavy atom. The van der Waals surface area contributed by atoms with Crippen LogP contribution in [0.5, 0.6) is 5.75 Å². The predicted octanol–water partition coefficient (Wildman–Crippen LogP) is 6.18. The minimum Gasteiger partial charge on any atom is -0.494 e. The maximum atomic E-state index is 12.2. The number of carboxylic acid groups (broad SMARTS) is 1. The van der Waals surface area contributed by atoms with E-state index in [4.69, 9.17) is 4.74 Å². The molecule has 3 aromatic rings. The van der Waals surface area contributed by atoms with Gasteiger partial charge in [0.05, 0.1) is 6.61 Å². The number of fused-ring (bicyclic) bond motifs is 1. The zero-order valence-corrected chi connectivity index (χ0v) is 24.8. The Morgan fingerprint density at radius 1 is 1.07 bits per heavy atom. The van der Waals surface area contributed by atoms with Gasteiger partial charge in [-0.05, 0) is 93.3 Å². The van der Waals surface area contributed by atoms with Crippen molar-refractivity contribution in [3.8, 4) is 5.75 Å². The van der Waals surface area contributed by atoms with Crippen molar-refractivity contribution in [2.24, 2.45) is 5.92 Å². The van der Waals surface area contributed by atoms with E-state index < -0.39 is 19.7 Å². The van der Waals surface area contributed by atoms with Crippen LogP contribution in [0.2, 0.25) is 0 Å². The van der Waals surface area contributed by atoms with Gasteiger partial charge in [-0.15, -0.1) is 0 Å². The molecule has 2 aromatic carbocycles. The number of piperidine rings is 1. The Labute approximate surface area is 239 Å². The van der Waals surface area contributed by atoms with Crippen molar-refractivity contribution in [1.82, 2.24) is 15.4 Å². The first-order valence-electron chi connectivity index (χ1n) is 15.0. The molecule has 0 bridgehead atoms. The predicted molar refractivity (Wildman–Crippen MR) is 165 cm³/mol. The molecule has 218 valence electrons. The Hall–Kier alpha value is -2.44. The van der Waals surface area contributed by atoms with Gasteiger partial charge in [-0.25, -0.2) is 4.89 Å². The molecular formula is C32H47N3O4P+. The maximum Gasteiger partial charge on any atom is 0.324 e. The molecule has 1 aliphatic heterocycles. The smallest absolute Gasteiger partial charge is 0.324 e. The van der Waals surface area contributed by atoms with Crippen LogP contribution in [0.1, 0.15) is 63.0 Å². The van der Waals surface area contributed by atoms with E-state index in [2.05, 4.69) is 27.5 Å². The lowest BCUT2D eigenvalue weighted by atomic mass is 9.93. The van der Waals surface area contributed by atoms with Gasteiger partial charge in [0.15, 0.2) is 0 Å². The fourth-order valence-electron chi connectivity index (χ4n) is 5.81. The lowest BCUT2D eigenvalue weighted by Crippen LogP contribution is -2.39. The van der Waals surface area contributed by atoms with Crippen LogP contribution in [0.25, 0.3) is 10.9 Å². The van der Waals surface area contributed by atoms with Gasteiger partial charge in [-0.3, -0.25) is 4.79 Å². The number of aromatic nitrogens is 1. The Morgan fingerprint density at radius 3 is 2.60 bits per heavy atom. The number of aliphatic carboxylic acids is 1. The molecular weight excluding hydrogens is 521 g/mol. The molecule has 1 fully saturated rings. The van der Waals surface area contributed by atoms with Gasteiger partial charge >= 0.3 is 5.97 Å². The number of carboxylic acids is 1. The Balaban J connectivity index is 1.24. The zero-order chi connectivity index (χ0) is 28.2. The molecule has 2 heterocycles. The third-order valence-electron chi connectivity index (χ3n) is 8.03. The zero-order valence-electron chi connectivity index (χ0n) is 23.9. The molecule has 2 atom stereocenters. The highest BCUT2D eigenvalue weighted by Crippen LogP contribution is 2.52. The third kappa shape index (κ3) is 9.31. The first-order chi connectivity index (χ1) is 19.5. The number of nitrogens with one attached hydrogen (secondary N) is 3. The first kappa shape index (κ1) is 30.5. The van der Waals surface area contributed by atoms with E-state index >= 15 is 0 Å². The second kappa shape index (κ2) is 15.5. The first-order valence-corrected chi connectivity index (χ1v) is 17.1. The van der Waals surface area contributed by atoms with Crippen LogP contribution >= 0.6 is 7.64 Å². The van der Waals surface area contributed by atoms with Crippen LogP contribution < -0.4 is 15.1 Å². The molecule has 4 rings (SSSR count). The van der Waals surface area contributed by atoms with Crippen LogP contribution in [0.15, 0.2) is 54.7 Å². The molecule has 7 nitrogen and oxygen atoms in total. The summed E-state index contributed by atoms with van der Waals surface area (Å²) in [5, 5.41) is 17.8. The molecule has 1 aromatic heterocycles. The number of ether oxygens (including phenoxy) is 1. The van der Waals surface area contributed by atoms with Gasteiger partial charge in [0.2, 0.25) is 7.64 Å². The highest BCUT2D eigenvalue weighted by Gasteiger charge is 2.39. The average molecular weight is 569 g/mol. The van der Waals surface area contributed by atoms with Crippen LogP contribution in [0.4, 0.5) is 0 Å². The van der Waals surface area contributed by atoms with E-state index in [0.29, 0.717) is 25.4 Å². The Kier molecular flexibility index (Phi) is 11.8. The number of H-pyrrole nitrogens is 1. The van der Waals surface area contributed by atoms with Gasteiger partial charge in [0.25, 0.3) is 0 Å². The molecule has 0 spiro atoms. The molecule has 0 saturated carbocycles. The Bertz CT molecular complexity index is 1180. The molecule has 1 aliphatic rings. The van der Waals surface area contributed by atoms with E-state index in [-0.39, 0.29) is 0 Å².